The van der Waals surface area contributed by atoms with Crippen molar-refractivity contribution < 1.29 is 14.2 Å². The van der Waals surface area contributed by atoms with Gasteiger partial charge in [0.25, 0.3) is 0 Å². The van der Waals surface area contributed by atoms with Gasteiger partial charge in [-0.15, -0.1) is 0 Å². The van der Waals surface area contributed by atoms with E-state index in [9.17, 15) is 0 Å². The topological polar surface area (TPSA) is 57.0 Å². The van der Waals surface area contributed by atoms with E-state index in [0.717, 1.165) is 11.3 Å². The van der Waals surface area contributed by atoms with Gasteiger partial charge in [-0.2, -0.15) is 0 Å². The molecule has 0 amide bonds. The van der Waals surface area contributed by atoms with Crippen LogP contribution in [0.5, 0.6) is 17.2 Å². The zero-order chi connectivity index (χ0) is 13.7. The standard InChI is InChI=1S/C13H22N2O3/c1-15(2)10(8-14)9-6-12(17-4)13(18-5)7-11(9)16-3/h6-7,10H,8,14H2,1-5H3. The first-order valence-electron chi connectivity index (χ1n) is 5.75. The van der Waals surface area contributed by atoms with Gasteiger partial charge >= 0.3 is 0 Å². The molecule has 1 aromatic rings. The van der Waals surface area contributed by atoms with Crippen molar-refractivity contribution in [2.45, 2.75) is 6.04 Å². The SMILES string of the molecule is COc1cc(OC)c(C(CN)N(C)C)cc1OC. The molecule has 0 aromatic heterocycles. The first kappa shape index (κ1) is 14.6. The largest absolute Gasteiger partial charge is 0.496 e. The minimum Gasteiger partial charge on any atom is -0.496 e. The normalized spacial score (nSPS) is 12.4. The van der Waals surface area contributed by atoms with Crippen LogP contribution in [0.3, 0.4) is 0 Å². The van der Waals surface area contributed by atoms with Gasteiger partial charge in [-0.1, -0.05) is 0 Å². The molecule has 1 rings (SSSR count). The van der Waals surface area contributed by atoms with Crippen LogP contribution in [0.2, 0.25) is 0 Å². The van der Waals surface area contributed by atoms with Crippen LogP contribution < -0.4 is 19.9 Å². The number of hydrogen-bond acceptors (Lipinski definition) is 5. The summed E-state index contributed by atoms with van der Waals surface area (Å²) in [6.07, 6.45) is 0. The van der Waals surface area contributed by atoms with Gasteiger partial charge in [0.05, 0.1) is 27.4 Å². The Hall–Kier alpha value is -1.46. The summed E-state index contributed by atoms with van der Waals surface area (Å²) >= 11 is 0. The highest BCUT2D eigenvalue weighted by atomic mass is 16.5. The monoisotopic (exact) mass is 254 g/mol. The van der Waals surface area contributed by atoms with E-state index in [1.807, 2.05) is 31.1 Å². The molecule has 0 heterocycles. The van der Waals surface area contributed by atoms with Crippen LogP contribution in [0.25, 0.3) is 0 Å². The molecule has 1 unspecified atom stereocenters. The molecular formula is C13H22N2O3. The second-order valence-corrected chi connectivity index (χ2v) is 4.16. The van der Waals surface area contributed by atoms with Gasteiger partial charge in [-0.3, -0.25) is 0 Å². The lowest BCUT2D eigenvalue weighted by Crippen LogP contribution is -2.27. The predicted molar refractivity (Wildman–Crippen MR) is 71.6 cm³/mol. The fourth-order valence-corrected chi connectivity index (χ4v) is 1.93. The molecule has 0 aliphatic rings. The van der Waals surface area contributed by atoms with Gasteiger partial charge in [0.2, 0.25) is 0 Å². The van der Waals surface area contributed by atoms with Crippen LogP contribution in [0.15, 0.2) is 12.1 Å². The van der Waals surface area contributed by atoms with Crippen molar-refractivity contribution in [1.82, 2.24) is 4.90 Å². The average Bonchev–Trinajstić information content (AvgIpc) is 2.38. The summed E-state index contributed by atoms with van der Waals surface area (Å²) in [6.45, 7) is 0.499. The third-order valence-electron chi connectivity index (χ3n) is 2.94. The Morgan fingerprint density at radius 1 is 1.00 bits per heavy atom. The first-order chi connectivity index (χ1) is 8.58. The lowest BCUT2D eigenvalue weighted by molar-refractivity contribution is 0.290. The summed E-state index contributed by atoms with van der Waals surface area (Å²) in [7, 11) is 8.81. The van der Waals surface area contributed by atoms with Crippen LogP contribution in [0, 0.1) is 0 Å². The van der Waals surface area contributed by atoms with E-state index >= 15 is 0 Å². The highest BCUT2D eigenvalue weighted by molar-refractivity contribution is 5.51. The second-order valence-electron chi connectivity index (χ2n) is 4.16. The predicted octanol–water partition coefficient (Wildman–Crippen LogP) is 1.27. The maximum atomic E-state index is 5.82. The lowest BCUT2D eigenvalue weighted by Gasteiger charge is -2.25. The zero-order valence-corrected chi connectivity index (χ0v) is 11.7. The summed E-state index contributed by atoms with van der Waals surface area (Å²) in [5, 5.41) is 0. The van der Waals surface area contributed by atoms with Gasteiger partial charge in [0.1, 0.15) is 5.75 Å². The maximum absolute atomic E-state index is 5.82. The van der Waals surface area contributed by atoms with Gasteiger partial charge in [-0.25, -0.2) is 0 Å². The molecule has 18 heavy (non-hydrogen) atoms. The molecule has 0 radical (unpaired) electrons. The molecule has 0 saturated carbocycles. The fourth-order valence-electron chi connectivity index (χ4n) is 1.93. The molecule has 0 bridgehead atoms. The summed E-state index contributed by atoms with van der Waals surface area (Å²) in [4.78, 5) is 2.05. The summed E-state index contributed by atoms with van der Waals surface area (Å²) in [6, 6.07) is 3.80. The number of rotatable bonds is 6. The molecule has 1 atom stereocenters. The fraction of sp³-hybridized carbons (Fsp3) is 0.538. The van der Waals surface area contributed by atoms with E-state index < -0.39 is 0 Å². The van der Waals surface area contributed by atoms with Crippen molar-refractivity contribution in [2.24, 2.45) is 5.73 Å². The number of methoxy groups -OCH3 is 3. The minimum atomic E-state index is 0.0692. The first-order valence-corrected chi connectivity index (χ1v) is 5.75. The van der Waals surface area contributed by atoms with E-state index in [4.69, 9.17) is 19.9 Å². The van der Waals surface area contributed by atoms with Gasteiger partial charge in [-0.05, 0) is 20.2 Å². The van der Waals surface area contributed by atoms with Crippen LogP contribution in [-0.2, 0) is 0 Å². The molecule has 0 aliphatic carbocycles. The van der Waals surface area contributed by atoms with Crippen molar-refractivity contribution >= 4 is 0 Å². The highest BCUT2D eigenvalue weighted by Gasteiger charge is 2.20. The molecule has 102 valence electrons. The molecule has 1 aromatic carbocycles. The Morgan fingerprint density at radius 2 is 1.50 bits per heavy atom. The Morgan fingerprint density at radius 3 is 1.89 bits per heavy atom. The van der Waals surface area contributed by atoms with E-state index in [0.29, 0.717) is 18.0 Å². The Bertz CT molecular complexity index is 394. The lowest BCUT2D eigenvalue weighted by atomic mass is 10.0. The van der Waals surface area contributed by atoms with Gasteiger partial charge in [0.15, 0.2) is 11.5 Å². The van der Waals surface area contributed by atoms with Crippen LogP contribution in [0.1, 0.15) is 11.6 Å². The van der Waals surface area contributed by atoms with Gasteiger partial charge in [0, 0.05) is 18.2 Å². The number of hydrogen-bond donors (Lipinski definition) is 1. The van der Waals surface area contributed by atoms with Crippen molar-refractivity contribution in [3.05, 3.63) is 17.7 Å². The number of ether oxygens (including phenoxy) is 3. The third kappa shape index (κ3) is 2.86. The maximum Gasteiger partial charge on any atom is 0.164 e. The molecule has 0 aliphatic heterocycles. The number of benzene rings is 1. The Balaban J connectivity index is 3.32. The smallest absolute Gasteiger partial charge is 0.164 e. The molecule has 2 N–H and O–H groups in total. The van der Waals surface area contributed by atoms with Crippen LogP contribution >= 0.6 is 0 Å². The number of nitrogens with zero attached hydrogens (tertiary/aromatic N) is 1. The average molecular weight is 254 g/mol. The van der Waals surface area contributed by atoms with Crippen molar-refractivity contribution in [1.29, 1.82) is 0 Å². The third-order valence-corrected chi connectivity index (χ3v) is 2.94. The number of nitrogens with two attached hydrogens (primary N) is 1. The van der Waals surface area contributed by atoms with E-state index in [1.54, 1.807) is 21.3 Å². The van der Waals surface area contributed by atoms with Crippen molar-refractivity contribution in [3.8, 4) is 17.2 Å². The van der Waals surface area contributed by atoms with Crippen LogP contribution in [0.4, 0.5) is 0 Å². The second kappa shape index (κ2) is 6.47. The Labute approximate surface area is 108 Å². The summed E-state index contributed by atoms with van der Waals surface area (Å²) in [5.74, 6) is 2.07. The number of likely N-dealkylation sites (N-methyl/N-ethyl adjacent to an activating group) is 1. The van der Waals surface area contributed by atoms with Crippen molar-refractivity contribution in [2.75, 3.05) is 42.0 Å². The molecule has 5 heteroatoms. The summed E-state index contributed by atoms with van der Waals surface area (Å²) in [5.41, 5.74) is 6.81. The molecule has 0 fully saturated rings. The summed E-state index contributed by atoms with van der Waals surface area (Å²) < 4.78 is 16.0. The van der Waals surface area contributed by atoms with E-state index in [-0.39, 0.29) is 6.04 Å². The highest BCUT2D eigenvalue weighted by Crippen LogP contribution is 2.38. The Kier molecular flexibility index (Phi) is 5.25. The zero-order valence-electron chi connectivity index (χ0n) is 11.7. The van der Waals surface area contributed by atoms with Gasteiger partial charge < -0.3 is 24.8 Å². The molecular weight excluding hydrogens is 232 g/mol. The van der Waals surface area contributed by atoms with Crippen LogP contribution in [-0.4, -0.2) is 46.9 Å². The molecule has 0 saturated heterocycles. The van der Waals surface area contributed by atoms with E-state index in [1.165, 1.54) is 0 Å². The minimum absolute atomic E-state index is 0.0692. The molecule has 0 spiro atoms. The quantitative estimate of drug-likeness (QED) is 0.828. The van der Waals surface area contributed by atoms with Crippen molar-refractivity contribution in [3.63, 3.8) is 0 Å². The van der Waals surface area contributed by atoms with E-state index in [2.05, 4.69) is 0 Å². The molecule has 5 nitrogen and oxygen atoms in total.